The number of hydrogen-bond acceptors (Lipinski definition) is 2. The van der Waals surface area contributed by atoms with Crippen molar-refractivity contribution >= 4 is 11.6 Å². The summed E-state index contributed by atoms with van der Waals surface area (Å²) in [4.78, 5) is 12.1. The van der Waals surface area contributed by atoms with Crippen molar-refractivity contribution in [1.82, 2.24) is 0 Å². The summed E-state index contributed by atoms with van der Waals surface area (Å²) in [7, 11) is 0. The molecule has 0 heterocycles. The molecular formula is C17H28N2O. The van der Waals surface area contributed by atoms with E-state index in [1.165, 1.54) is 11.1 Å². The van der Waals surface area contributed by atoms with Gasteiger partial charge in [-0.15, -0.1) is 0 Å². The van der Waals surface area contributed by atoms with E-state index in [1.807, 2.05) is 19.9 Å². The quantitative estimate of drug-likeness (QED) is 0.858. The maximum Gasteiger partial charge on any atom is 0.241 e. The lowest BCUT2D eigenvalue weighted by molar-refractivity contribution is -0.118. The van der Waals surface area contributed by atoms with Gasteiger partial charge in [-0.25, -0.2) is 0 Å². The fourth-order valence-corrected chi connectivity index (χ4v) is 2.05. The lowest BCUT2D eigenvalue weighted by Gasteiger charge is -2.20. The minimum atomic E-state index is -0.472. The fourth-order valence-electron chi connectivity index (χ4n) is 2.05. The predicted molar refractivity (Wildman–Crippen MR) is 86.1 cm³/mol. The summed E-state index contributed by atoms with van der Waals surface area (Å²) in [6, 6.07) is 5.79. The van der Waals surface area contributed by atoms with Gasteiger partial charge < -0.3 is 11.1 Å². The van der Waals surface area contributed by atoms with Crippen LogP contribution in [0.5, 0.6) is 0 Å². The lowest BCUT2D eigenvalue weighted by Crippen LogP contribution is -2.40. The van der Waals surface area contributed by atoms with Gasteiger partial charge in [-0.2, -0.15) is 0 Å². The summed E-state index contributed by atoms with van der Waals surface area (Å²) in [5, 5.41) is 2.98. The van der Waals surface area contributed by atoms with E-state index in [1.54, 1.807) is 0 Å². The Balaban J connectivity index is 3.03. The van der Waals surface area contributed by atoms with E-state index in [9.17, 15) is 4.79 Å². The summed E-state index contributed by atoms with van der Waals surface area (Å²) >= 11 is 0. The monoisotopic (exact) mass is 276 g/mol. The van der Waals surface area contributed by atoms with Crippen molar-refractivity contribution in [2.24, 2.45) is 11.7 Å². The second kappa shape index (κ2) is 6.89. The number of carbonyl (C=O) groups excluding carboxylic acids is 1. The van der Waals surface area contributed by atoms with Crippen LogP contribution in [0.3, 0.4) is 0 Å². The molecule has 0 unspecified atom stereocenters. The van der Waals surface area contributed by atoms with Crippen LogP contribution in [-0.2, 0) is 4.79 Å². The second-order valence-electron chi connectivity index (χ2n) is 6.42. The summed E-state index contributed by atoms with van der Waals surface area (Å²) in [6.45, 7) is 12.5. The SMILES string of the molecule is CC(C)c1ccc(NC(=O)[C@H](N)C(C)C)c(C(C)C)c1. The van der Waals surface area contributed by atoms with Crippen molar-refractivity contribution in [3.63, 3.8) is 0 Å². The second-order valence-corrected chi connectivity index (χ2v) is 6.42. The third-order valence-electron chi connectivity index (χ3n) is 3.64. The molecule has 3 nitrogen and oxygen atoms in total. The van der Waals surface area contributed by atoms with Crippen LogP contribution in [-0.4, -0.2) is 11.9 Å². The Morgan fingerprint density at radius 1 is 1.05 bits per heavy atom. The van der Waals surface area contributed by atoms with Crippen molar-refractivity contribution < 1.29 is 4.79 Å². The highest BCUT2D eigenvalue weighted by Gasteiger charge is 2.19. The average Bonchev–Trinajstić information content (AvgIpc) is 2.37. The van der Waals surface area contributed by atoms with Crippen molar-refractivity contribution in [3.8, 4) is 0 Å². The fraction of sp³-hybridized carbons (Fsp3) is 0.588. The molecule has 3 N–H and O–H groups in total. The Hall–Kier alpha value is -1.35. The van der Waals surface area contributed by atoms with Crippen LogP contribution in [0.1, 0.15) is 64.5 Å². The Bertz CT molecular complexity index is 464. The number of amides is 1. The molecule has 0 saturated carbocycles. The highest BCUT2D eigenvalue weighted by Crippen LogP contribution is 2.28. The first-order chi connectivity index (χ1) is 9.23. The molecule has 1 amide bonds. The minimum absolute atomic E-state index is 0.112. The molecule has 1 aromatic rings. The van der Waals surface area contributed by atoms with Crippen LogP contribution in [0.15, 0.2) is 18.2 Å². The van der Waals surface area contributed by atoms with Gasteiger partial charge >= 0.3 is 0 Å². The van der Waals surface area contributed by atoms with E-state index in [4.69, 9.17) is 5.73 Å². The van der Waals surface area contributed by atoms with E-state index in [0.717, 1.165) is 5.69 Å². The van der Waals surface area contributed by atoms with Gasteiger partial charge in [-0.1, -0.05) is 53.7 Å². The van der Waals surface area contributed by atoms with Crippen molar-refractivity contribution in [1.29, 1.82) is 0 Å². The average molecular weight is 276 g/mol. The van der Waals surface area contributed by atoms with E-state index >= 15 is 0 Å². The molecule has 1 aromatic carbocycles. The third-order valence-corrected chi connectivity index (χ3v) is 3.64. The highest BCUT2D eigenvalue weighted by molar-refractivity contribution is 5.95. The topological polar surface area (TPSA) is 55.1 Å². The van der Waals surface area contributed by atoms with E-state index in [-0.39, 0.29) is 11.8 Å². The molecule has 0 aliphatic rings. The molecule has 3 heteroatoms. The molecule has 1 atom stereocenters. The molecule has 0 radical (unpaired) electrons. The Morgan fingerprint density at radius 2 is 1.65 bits per heavy atom. The number of anilines is 1. The standard InChI is InChI=1S/C17H28N2O/c1-10(2)13-7-8-15(14(9-13)11(3)4)19-17(20)16(18)12(5)6/h7-12,16H,18H2,1-6H3,(H,19,20)/t16-/m1/s1. The highest BCUT2D eigenvalue weighted by atomic mass is 16.2. The first-order valence-corrected chi connectivity index (χ1v) is 7.44. The van der Waals surface area contributed by atoms with Crippen molar-refractivity contribution in [2.45, 2.75) is 59.4 Å². The van der Waals surface area contributed by atoms with Crippen LogP contribution in [0.2, 0.25) is 0 Å². The third kappa shape index (κ3) is 4.07. The van der Waals surface area contributed by atoms with Crippen LogP contribution in [0.4, 0.5) is 5.69 Å². The number of benzene rings is 1. The first-order valence-electron chi connectivity index (χ1n) is 7.44. The van der Waals surface area contributed by atoms with Gasteiger partial charge in [0.25, 0.3) is 0 Å². The molecule has 112 valence electrons. The smallest absolute Gasteiger partial charge is 0.241 e. The van der Waals surface area contributed by atoms with Crippen LogP contribution >= 0.6 is 0 Å². The number of hydrogen-bond donors (Lipinski definition) is 2. The van der Waals surface area contributed by atoms with Crippen LogP contribution in [0, 0.1) is 5.92 Å². The van der Waals surface area contributed by atoms with Crippen molar-refractivity contribution in [3.05, 3.63) is 29.3 Å². The number of carbonyl (C=O) groups is 1. The molecule has 0 bridgehead atoms. The van der Waals surface area contributed by atoms with Crippen molar-refractivity contribution in [2.75, 3.05) is 5.32 Å². The molecule has 20 heavy (non-hydrogen) atoms. The normalized spacial score (nSPS) is 13.1. The molecule has 0 aliphatic heterocycles. The van der Waals surface area contributed by atoms with Crippen LogP contribution in [0.25, 0.3) is 0 Å². The van der Waals surface area contributed by atoms with Gasteiger partial charge in [0.1, 0.15) is 0 Å². The summed E-state index contributed by atoms with van der Waals surface area (Å²) < 4.78 is 0. The van der Waals surface area contributed by atoms with E-state index in [2.05, 4.69) is 45.1 Å². The minimum Gasteiger partial charge on any atom is -0.324 e. The zero-order valence-electron chi connectivity index (χ0n) is 13.5. The van der Waals surface area contributed by atoms with Gasteiger partial charge in [-0.3, -0.25) is 4.79 Å². The van der Waals surface area contributed by atoms with Gasteiger partial charge in [0, 0.05) is 5.69 Å². The van der Waals surface area contributed by atoms with E-state index in [0.29, 0.717) is 11.8 Å². The Kier molecular flexibility index (Phi) is 5.75. The van der Waals surface area contributed by atoms with Gasteiger partial charge in [0.2, 0.25) is 5.91 Å². The van der Waals surface area contributed by atoms with Gasteiger partial charge in [0.15, 0.2) is 0 Å². The molecule has 0 saturated heterocycles. The van der Waals surface area contributed by atoms with E-state index < -0.39 is 6.04 Å². The number of rotatable bonds is 5. The molecule has 0 spiro atoms. The van der Waals surface area contributed by atoms with Crippen LogP contribution < -0.4 is 11.1 Å². The zero-order chi connectivity index (χ0) is 15.4. The van der Waals surface area contributed by atoms with Gasteiger partial charge in [0.05, 0.1) is 6.04 Å². The maximum absolute atomic E-state index is 12.1. The zero-order valence-corrected chi connectivity index (χ0v) is 13.5. The number of nitrogens with two attached hydrogens (primary N) is 1. The number of nitrogens with one attached hydrogen (secondary N) is 1. The maximum atomic E-state index is 12.1. The first kappa shape index (κ1) is 16.7. The Morgan fingerprint density at radius 3 is 2.10 bits per heavy atom. The lowest BCUT2D eigenvalue weighted by atomic mass is 9.94. The molecular weight excluding hydrogens is 248 g/mol. The predicted octanol–water partition coefficient (Wildman–Crippen LogP) is 3.86. The molecule has 1 rings (SSSR count). The summed E-state index contributed by atoms with van der Waals surface area (Å²) in [6.07, 6.45) is 0. The summed E-state index contributed by atoms with van der Waals surface area (Å²) in [5.41, 5.74) is 9.24. The molecule has 0 aromatic heterocycles. The summed E-state index contributed by atoms with van der Waals surface area (Å²) in [5.74, 6) is 0.862. The van der Waals surface area contributed by atoms with Gasteiger partial charge in [-0.05, 0) is 34.9 Å². The largest absolute Gasteiger partial charge is 0.324 e. The molecule has 0 fully saturated rings. The Labute approximate surface area is 122 Å². The molecule has 0 aliphatic carbocycles.